The maximum Gasteiger partial charge on any atom is 0.338 e. The fourth-order valence-corrected chi connectivity index (χ4v) is 3.51. The first kappa shape index (κ1) is 18.4. The van der Waals surface area contributed by atoms with Crippen LogP contribution in [0.15, 0.2) is 29.4 Å². The number of aryl methyl sites for hydroxylation is 1. The van der Waals surface area contributed by atoms with Gasteiger partial charge in [0.1, 0.15) is 5.82 Å². The first-order valence-electron chi connectivity index (χ1n) is 8.61. The molecule has 0 spiro atoms. The quantitative estimate of drug-likeness (QED) is 0.591. The number of ether oxygens (including phenoxy) is 1. The van der Waals surface area contributed by atoms with E-state index in [4.69, 9.17) is 4.74 Å². The van der Waals surface area contributed by atoms with E-state index in [1.165, 1.54) is 11.8 Å². The minimum atomic E-state index is -0.493. The molecule has 1 aliphatic rings. The molecule has 0 unspecified atom stereocenters. The predicted octanol–water partition coefficient (Wildman–Crippen LogP) is 2.47. The number of carbonyl (C=O) groups excluding carboxylic acids is 2. The third kappa shape index (κ3) is 4.07. The molecule has 2 aromatic rings. The number of nitrogens with zero attached hydrogens (tertiary/aromatic N) is 4. The summed E-state index contributed by atoms with van der Waals surface area (Å²) in [5, 5.41) is 8.96. The van der Waals surface area contributed by atoms with Crippen molar-refractivity contribution < 1.29 is 14.3 Å². The lowest BCUT2D eigenvalue weighted by molar-refractivity contribution is -0.135. The summed E-state index contributed by atoms with van der Waals surface area (Å²) in [5.41, 5.74) is 1.29. The monoisotopic (exact) mass is 374 g/mol. The van der Waals surface area contributed by atoms with Crippen molar-refractivity contribution >= 4 is 23.6 Å². The topological polar surface area (TPSA) is 77.3 Å². The molecule has 0 aliphatic carbocycles. The normalized spacial score (nSPS) is 14.3. The molecule has 1 amide bonds. The first-order valence-corrected chi connectivity index (χ1v) is 9.84. The molecule has 0 bridgehead atoms. The number of carbonyl (C=O) groups is 2. The van der Waals surface area contributed by atoms with E-state index in [1.807, 2.05) is 29.9 Å². The molecule has 8 heteroatoms. The molecule has 0 radical (unpaired) electrons. The second-order valence-electron chi connectivity index (χ2n) is 6.13. The Hall–Kier alpha value is -2.35. The molecule has 1 saturated heterocycles. The largest absolute Gasteiger partial charge is 0.452 e. The van der Waals surface area contributed by atoms with E-state index in [1.54, 1.807) is 17.0 Å². The Morgan fingerprint density at radius 1 is 1.12 bits per heavy atom. The lowest BCUT2D eigenvalue weighted by atomic mass is 10.1. The molecule has 7 nitrogen and oxygen atoms in total. The van der Waals surface area contributed by atoms with Gasteiger partial charge < -0.3 is 9.64 Å². The van der Waals surface area contributed by atoms with E-state index in [0.29, 0.717) is 5.56 Å². The minimum absolute atomic E-state index is 0.126. The van der Waals surface area contributed by atoms with E-state index in [2.05, 4.69) is 10.2 Å². The summed E-state index contributed by atoms with van der Waals surface area (Å²) < 4.78 is 7.09. The molecule has 1 aliphatic heterocycles. The van der Waals surface area contributed by atoms with Crippen molar-refractivity contribution in [3.63, 3.8) is 0 Å². The van der Waals surface area contributed by atoms with Crippen LogP contribution in [0.1, 0.15) is 35.4 Å². The molecular formula is C18H22N4O3S. The van der Waals surface area contributed by atoms with E-state index in [-0.39, 0.29) is 12.5 Å². The molecule has 2 heterocycles. The van der Waals surface area contributed by atoms with E-state index < -0.39 is 5.97 Å². The van der Waals surface area contributed by atoms with Gasteiger partial charge in [-0.2, -0.15) is 0 Å². The van der Waals surface area contributed by atoms with Gasteiger partial charge in [-0.1, -0.05) is 11.8 Å². The van der Waals surface area contributed by atoms with Crippen LogP contribution in [0.5, 0.6) is 0 Å². The SMILES string of the molecule is CSc1nnc(C)n1-c1ccc(C(=O)OCC(=O)N2CCCCC2)cc1. The van der Waals surface area contributed by atoms with Gasteiger partial charge in [-0.3, -0.25) is 9.36 Å². The van der Waals surface area contributed by atoms with Gasteiger partial charge in [0.2, 0.25) is 0 Å². The summed E-state index contributed by atoms with van der Waals surface area (Å²) in [4.78, 5) is 26.0. The number of esters is 1. The van der Waals surface area contributed by atoms with Crippen LogP contribution in [0.25, 0.3) is 5.69 Å². The van der Waals surface area contributed by atoms with Crippen molar-refractivity contribution in [2.45, 2.75) is 31.3 Å². The van der Waals surface area contributed by atoms with Gasteiger partial charge in [0.25, 0.3) is 5.91 Å². The third-order valence-electron chi connectivity index (χ3n) is 4.37. The molecule has 0 N–H and O–H groups in total. The summed E-state index contributed by atoms with van der Waals surface area (Å²) in [5.74, 6) is 0.156. The third-order valence-corrected chi connectivity index (χ3v) is 5.00. The van der Waals surface area contributed by atoms with Crippen molar-refractivity contribution in [3.8, 4) is 5.69 Å². The maximum atomic E-state index is 12.2. The van der Waals surface area contributed by atoms with Crippen LogP contribution >= 0.6 is 11.8 Å². The molecule has 1 aromatic carbocycles. The summed E-state index contributed by atoms with van der Waals surface area (Å²) in [6.07, 6.45) is 5.12. The summed E-state index contributed by atoms with van der Waals surface area (Å²) in [7, 11) is 0. The average Bonchev–Trinajstić information content (AvgIpc) is 3.07. The van der Waals surface area contributed by atoms with Crippen LogP contribution in [0.2, 0.25) is 0 Å². The smallest absolute Gasteiger partial charge is 0.338 e. The molecule has 3 rings (SSSR count). The zero-order chi connectivity index (χ0) is 18.5. The second kappa shape index (κ2) is 8.35. The van der Waals surface area contributed by atoms with Crippen molar-refractivity contribution in [2.75, 3.05) is 26.0 Å². The number of aromatic nitrogens is 3. The Kier molecular flexibility index (Phi) is 5.92. The highest BCUT2D eigenvalue weighted by Crippen LogP contribution is 2.20. The van der Waals surface area contributed by atoms with E-state index in [9.17, 15) is 9.59 Å². The highest BCUT2D eigenvalue weighted by Gasteiger charge is 2.18. The van der Waals surface area contributed by atoms with Gasteiger partial charge in [-0.25, -0.2) is 4.79 Å². The van der Waals surface area contributed by atoms with Gasteiger partial charge in [-0.15, -0.1) is 10.2 Å². The van der Waals surface area contributed by atoms with Crippen LogP contribution in [0.3, 0.4) is 0 Å². The number of likely N-dealkylation sites (tertiary alicyclic amines) is 1. The number of amides is 1. The Bertz CT molecular complexity index is 782. The fraction of sp³-hybridized carbons (Fsp3) is 0.444. The maximum absolute atomic E-state index is 12.2. The van der Waals surface area contributed by atoms with E-state index >= 15 is 0 Å². The first-order chi connectivity index (χ1) is 12.6. The second-order valence-corrected chi connectivity index (χ2v) is 6.91. The van der Waals surface area contributed by atoms with Crippen molar-refractivity contribution in [2.24, 2.45) is 0 Å². The highest BCUT2D eigenvalue weighted by molar-refractivity contribution is 7.98. The highest BCUT2D eigenvalue weighted by atomic mass is 32.2. The van der Waals surface area contributed by atoms with Gasteiger partial charge in [0.05, 0.1) is 5.56 Å². The summed E-state index contributed by atoms with van der Waals surface area (Å²) in [6.45, 7) is 3.17. The summed E-state index contributed by atoms with van der Waals surface area (Å²) in [6, 6.07) is 7.01. The number of piperidine rings is 1. The van der Waals surface area contributed by atoms with Crippen LogP contribution in [0, 0.1) is 6.92 Å². The molecular weight excluding hydrogens is 352 g/mol. The van der Waals surface area contributed by atoms with Crippen molar-refractivity contribution in [1.29, 1.82) is 0 Å². The van der Waals surface area contributed by atoms with Crippen LogP contribution in [0.4, 0.5) is 0 Å². The van der Waals surface area contributed by atoms with E-state index in [0.717, 1.165) is 49.0 Å². The van der Waals surface area contributed by atoms with Gasteiger partial charge in [-0.05, 0) is 56.7 Å². The minimum Gasteiger partial charge on any atom is -0.452 e. The molecule has 0 saturated carbocycles. The Morgan fingerprint density at radius 3 is 2.46 bits per heavy atom. The molecule has 1 fully saturated rings. The number of hydrogen-bond donors (Lipinski definition) is 0. The van der Waals surface area contributed by atoms with Crippen molar-refractivity contribution in [3.05, 3.63) is 35.7 Å². The zero-order valence-electron chi connectivity index (χ0n) is 15.0. The van der Waals surface area contributed by atoms with Gasteiger partial charge in [0.15, 0.2) is 11.8 Å². The average molecular weight is 374 g/mol. The Labute approximate surface area is 156 Å². The van der Waals surface area contributed by atoms with Gasteiger partial charge >= 0.3 is 5.97 Å². The number of rotatable bonds is 5. The van der Waals surface area contributed by atoms with Gasteiger partial charge in [0, 0.05) is 18.8 Å². The molecule has 1 aromatic heterocycles. The molecule has 138 valence electrons. The van der Waals surface area contributed by atoms with Crippen LogP contribution in [-0.4, -0.2) is 57.5 Å². The fourth-order valence-electron chi connectivity index (χ4n) is 2.96. The lowest BCUT2D eigenvalue weighted by Gasteiger charge is -2.26. The Balaban J connectivity index is 1.62. The standard InChI is InChI=1S/C18H22N4O3S/c1-13-19-20-18(26-2)22(13)15-8-6-14(7-9-15)17(24)25-12-16(23)21-10-4-3-5-11-21/h6-9H,3-5,10-12H2,1-2H3. The zero-order valence-corrected chi connectivity index (χ0v) is 15.8. The molecule has 0 atom stereocenters. The van der Waals surface area contributed by atoms with Crippen molar-refractivity contribution in [1.82, 2.24) is 19.7 Å². The lowest BCUT2D eigenvalue weighted by Crippen LogP contribution is -2.38. The molecule has 26 heavy (non-hydrogen) atoms. The van der Waals surface area contributed by atoms with Crippen LogP contribution < -0.4 is 0 Å². The number of benzene rings is 1. The number of thioether (sulfide) groups is 1. The Morgan fingerprint density at radius 2 is 1.81 bits per heavy atom. The summed E-state index contributed by atoms with van der Waals surface area (Å²) >= 11 is 1.50. The number of hydrogen-bond acceptors (Lipinski definition) is 6. The predicted molar refractivity (Wildman–Crippen MR) is 98.6 cm³/mol. The van der Waals surface area contributed by atoms with Crippen LogP contribution in [-0.2, 0) is 9.53 Å².